The molecule has 1 aromatic carbocycles. The van der Waals surface area contributed by atoms with E-state index >= 15 is 0 Å². The van der Waals surface area contributed by atoms with E-state index in [0.29, 0.717) is 17.9 Å². The summed E-state index contributed by atoms with van der Waals surface area (Å²) in [5.74, 6) is 0.505. The summed E-state index contributed by atoms with van der Waals surface area (Å²) in [6.45, 7) is 0.307. The second-order valence-electron chi connectivity index (χ2n) is 4.11. The highest BCUT2D eigenvalue weighted by Crippen LogP contribution is 2.05. The second-order valence-corrected chi connectivity index (χ2v) is 4.11. The molecule has 20 heavy (non-hydrogen) atoms. The van der Waals surface area contributed by atoms with Gasteiger partial charge >= 0.3 is 0 Å². The molecular formula is C13H14N4O3. The van der Waals surface area contributed by atoms with Crippen LogP contribution >= 0.6 is 0 Å². The third kappa shape index (κ3) is 3.58. The van der Waals surface area contributed by atoms with Gasteiger partial charge in [0.05, 0.1) is 19.2 Å². The molecule has 0 unspecified atom stereocenters. The van der Waals surface area contributed by atoms with E-state index in [1.54, 1.807) is 30.3 Å². The molecule has 2 rings (SSSR count). The number of nitrogens with one attached hydrogen (secondary N) is 1. The van der Waals surface area contributed by atoms with E-state index in [0.717, 1.165) is 5.56 Å². The minimum absolute atomic E-state index is 0.0336. The summed E-state index contributed by atoms with van der Waals surface area (Å²) in [5, 5.41) is 17.7. The fourth-order valence-electron chi connectivity index (χ4n) is 1.62. The van der Waals surface area contributed by atoms with Crippen molar-refractivity contribution in [1.82, 2.24) is 10.5 Å². The standard InChI is InChI=1S/C13H14N4O3/c14-13(17-19)10-3-1-9(2-4-10)7-12(18)15-8-11-5-6-16-20-11/h1-6,19H,7-8H2,(H2,14,17)(H,15,18). The van der Waals surface area contributed by atoms with Crippen LogP contribution in [0.15, 0.2) is 46.2 Å². The Morgan fingerprint density at radius 3 is 2.70 bits per heavy atom. The monoisotopic (exact) mass is 274 g/mol. The predicted octanol–water partition coefficient (Wildman–Crippen LogP) is 0.628. The first-order valence-electron chi connectivity index (χ1n) is 5.92. The lowest BCUT2D eigenvalue weighted by atomic mass is 10.1. The molecule has 0 radical (unpaired) electrons. The van der Waals surface area contributed by atoms with Gasteiger partial charge in [-0.3, -0.25) is 4.79 Å². The van der Waals surface area contributed by atoms with Crippen molar-refractivity contribution in [2.24, 2.45) is 10.9 Å². The Kier molecular flexibility index (Phi) is 4.33. The van der Waals surface area contributed by atoms with Gasteiger partial charge in [-0.1, -0.05) is 34.6 Å². The first kappa shape index (κ1) is 13.6. The molecule has 0 aliphatic heterocycles. The Hall–Kier alpha value is -2.83. The van der Waals surface area contributed by atoms with Crippen LogP contribution in [0.3, 0.4) is 0 Å². The number of amidine groups is 1. The fraction of sp³-hybridized carbons (Fsp3) is 0.154. The van der Waals surface area contributed by atoms with Crippen LogP contribution in [0, 0.1) is 0 Å². The van der Waals surface area contributed by atoms with Crippen LogP contribution in [0.25, 0.3) is 0 Å². The van der Waals surface area contributed by atoms with Gasteiger partial charge in [0.25, 0.3) is 0 Å². The van der Waals surface area contributed by atoms with E-state index in [9.17, 15) is 4.79 Å². The number of aromatic nitrogens is 1. The number of carbonyl (C=O) groups is 1. The van der Waals surface area contributed by atoms with E-state index in [1.807, 2.05) is 0 Å². The van der Waals surface area contributed by atoms with Crippen molar-refractivity contribution in [2.75, 3.05) is 0 Å². The van der Waals surface area contributed by atoms with Gasteiger partial charge in [0, 0.05) is 11.6 Å². The molecule has 0 aliphatic rings. The smallest absolute Gasteiger partial charge is 0.224 e. The average molecular weight is 274 g/mol. The van der Waals surface area contributed by atoms with E-state index in [4.69, 9.17) is 15.5 Å². The molecule has 1 amide bonds. The number of nitrogens with two attached hydrogens (primary N) is 1. The lowest BCUT2D eigenvalue weighted by molar-refractivity contribution is -0.120. The van der Waals surface area contributed by atoms with E-state index in [1.165, 1.54) is 6.20 Å². The third-order valence-electron chi connectivity index (χ3n) is 2.67. The molecule has 0 saturated carbocycles. The second kappa shape index (κ2) is 6.37. The molecule has 0 saturated heterocycles. The predicted molar refractivity (Wildman–Crippen MR) is 71.0 cm³/mol. The van der Waals surface area contributed by atoms with Crippen molar-refractivity contribution >= 4 is 11.7 Å². The van der Waals surface area contributed by atoms with Crippen LogP contribution in [-0.2, 0) is 17.8 Å². The summed E-state index contributed by atoms with van der Waals surface area (Å²) >= 11 is 0. The number of oxime groups is 1. The lowest BCUT2D eigenvalue weighted by Gasteiger charge is -2.04. The third-order valence-corrected chi connectivity index (χ3v) is 2.67. The summed E-state index contributed by atoms with van der Waals surface area (Å²) in [4.78, 5) is 11.7. The molecule has 1 heterocycles. The molecule has 0 fully saturated rings. The van der Waals surface area contributed by atoms with E-state index in [2.05, 4.69) is 15.6 Å². The Morgan fingerprint density at radius 1 is 1.35 bits per heavy atom. The van der Waals surface area contributed by atoms with Gasteiger partial charge in [0.15, 0.2) is 11.6 Å². The molecule has 0 spiro atoms. The molecular weight excluding hydrogens is 260 g/mol. The van der Waals surface area contributed by atoms with Gasteiger partial charge in [-0.05, 0) is 5.56 Å². The maximum absolute atomic E-state index is 11.7. The molecule has 1 aromatic heterocycles. The van der Waals surface area contributed by atoms with E-state index < -0.39 is 0 Å². The van der Waals surface area contributed by atoms with Gasteiger partial charge < -0.3 is 20.8 Å². The molecule has 104 valence electrons. The number of amides is 1. The maximum atomic E-state index is 11.7. The normalized spacial score (nSPS) is 11.3. The fourth-order valence-corrected chi connectivity index (χ4v) is 1.62. The zero-order chi connectivity index (χ0) is 14.4. The highest BCUT2D eigenvalue weighted by molar-refractivity contribution is 5.97. The molecule has 0 aliphatic carbocycles. The Balaban J connectivity index is 1.88. The minimum Gasteiger partial charge on any atom is -0.409 e. The quantitative estimate of drug-likeness (QED) is 0.320. The zero-order valence-corrected chi connectivity index (χ0v) is 10.6. The van der Waals surface area contributed by atoms with Gasteiger partial charge in [-0.15, -0.1) is 0 Å². The van der Waals surface area contributed by atoms with Crippen LogP contribution in [0.5, 0.6) is 0 Å². The number of hydrogen-bond donors (Lipinski definition) is 3. The summed E-state index contributed by atoms with van der Waals surface area (Å²) in [5.41, 5.74) is 6.88. The minimum atomic E-state index is -0.127. The SMILES string of the molecule is N/C(=N/O)c1ccc(CC(=O)NCc2ccno2)cc1. The van der Waals surface area contributed by atoms with Crippen molar-refractivity contribution in [3.63, 3.8) is 0 Å². The molecule has 4 N–H and O–H groups in total. The molecule has 7 nitrogen and oxygen atoms in total. The van der Waals surface area contributed by atoms with Crippen molar-refractivity contribution < 1.29 is 14.5 Å². The van der Waals surface area contributed by atoms with Gasteiger partial charge in [-0.2, -0.15) is 0 Å². The Bertz CT molecular complexity index is 591. The summed E-state index contributed by atoms with van der Waals surface area (Å²) in [6.07, 6.45) is 1.76. The number of hydrogen-bond acceptors (Lipinski definition) is 5. The Morgan fingerprint density at radius 2 is 2.10 bits per heavy atom. The first-order valence-corrected chi connectivity index (χ1v) is 5.92. The van der Waals surface area contributed by atoms with Crippen molar-refractivity contribution in [2.45, 2.75) is 13.0 Å². The highest BCUT2D eigenvalue weighted by atomic mass is 16.5. The zero-order valence-electron chi connectivity index (χ0n) is 10.6. The van der Waals surface area contributed by atoms with Gasteiger partial charge in [0.1, 0.15) is 0 Å². The van der Waals surface area contributed by atoms with Crippen LogP contribution in [0.2, 0.25) is 0 Å². The number of nitrogens with zero attached hydrogens (tertiary/aromatic N) is 2. The van der Waals surface area contributed by atoms with E-state index in [-0.39, 0.29) is 18.2 Å². The Labute approximate surface area is 115 Å². The van der Waals surface area contributed by atoms with Crippen LogP contribution in [-0.4, -0.2) is 22.1 Å². The molecule has 7 heteroatoms. The first-order chi connectivity index (χ1) is 9.69. The number of benzene rings is 1. The largest absolute Gasteiger partial charge is 0.409 e. The van der Waals surface area contributed by atoms with Crippen molar-refractivity contribution in [1.29, 1.82) is 0 Å². The average Bonchev–Trinajstić information content (AvgIpc) is 2.98. The summed E-state index contributed by atoms with van der Waals surface area (Å²) in [6, 6.07) is 8.57. The van der Waals surface area contributed by atoms with Crippen LogP contribution in [0.4, 0.5) is 0 Å². The molecule has 0 bridgehead atoms. The topological polar surface area (TPSA) is 114 Å². The van der Waals surface area contributed by atoms with Crippen molar-refractivity contribution in [3.05, 3.63) is 53.4 Å². The van der Waals surface area contributed by atoms with Crippen LogP contribution in [0.1, 0.15) is 16.9 Å². The number of carbonyl (C=O) groups excluding carboxylic acids is 1. The van der Waals surface area contributed by atoms with Gasteiger partial charge in [-0.25, -0.2) is 0 Å². The summed E-state index contributed by atoms with van der Waals surface area (Å²) in [7, 11) is 0. The number of rotatable bonds is 5. The molecule has 2 aromatic rings. The van der Waals surface area contributed by atoms with Gasteiger partial charge in [0.2, 0.25) is 5.91 Å². The van der Waals surface area contributed by atoms with Crippen molar-refractivity contribution in [3.8, 4) is 0 Å². The highest BCUT2D eigenvalue weighted by Gasteiger charge is 2.06. The maximum Gasteiger partial charge on any atom is 0.224 e. The summed E-state index contributed by atoms with van der Waals surface area (Å²) < 4.78 is 4.87. The molecule has 0 atom stereocenters. The van der Waals surface area contributed by atoms with Crippen LogP contribution < -0.4 is 11.1 Å². The lowest BCUT2D eigenvalue weighted by Crippen LogP contribution is -2.24.